The van der Waals surface area contributed by atoms with Gasteiger partial charge in [-0.25, -0.2) is 13.1 Å². The van der Waals surface area contributed by atoms with Gasteiger partial charge in [0.1, 0.15) is 5.75 Å². The summed E-state index contributed by atoms with van der Waals surface area (Å²) in [4.78, 5) is 0.299. The number of rotatable bonds is 7. The summed E-state index contributed by atoms with van der Waals surface area (Å²) in [5.74, 6) is 1.16. The number of hydrogen-bond donors (Lipinski definition) is 1. The largest absolute Gasteiger partial charge is 0.497 e. The molecule has 1 N–H and O–H groups in total. The Bertz CT molecular complexity index is 737. The molecule has 0 saturated heterocycles. The van der Waals surface area contributed by atoms with E-state index >= 15 is 0 Å². The van der Waals surface area contributed by atoms with Crippen molar-refractivity contribution in [3.8, 4) is 5.75 Å². The lowest BCUT2D eigenvalue weighted by Gasteiger charge is -2.09. The van der Waals surface area contributed by atoms with Gasteiger partial charge < -0.3 is 4.74 Å². The minimum Gasteiger partial charge on any atom is -0.497 e. The lowest BCUT2D eigenvalue weighted by atomic mass is 10.0. The van der Waals surface area contributed by atoms with Gasteiger partial charge in [-0.3, -0.25) is 0 Å². The Balaban J connectivity index is 1.98. The van der Waals surface area contributed by atoms with Crippen molar-refractivity contribution < 1.29 is 13.2 Å². The number of sulfonamides is 1. The third-order valence-corrected chi connectivity index (χ3v) is 5.17. The number of nitrogens with one attached hydrogen (secondary N) is 1. The van der Waals surface area contributed by atoms with Crippen LogP contribution in [0.25, 0.3) is 0 Å². The summed E-state index contributed by atoms with van der Waals surface area (Å²) in [5, 5.41) is 0. The molecular formula is C18H23NO3S. The molecule has 0 unspecified atom stereocenters. The Morgan fingerprint density at radius 3 is 2.39 bits per heavy atom. The molecule has 0 spiro atoms. The zero-order valence-electron chi connectivity index (χ0n) is 13.7. The van der Waals surface area contributed by atoms with Crippen LogP contribution in [0.2, 0.25) is 0 Å². The van der Waals surface area contributed by atoms with Crippen molar-refractivity contribution in [2.45, 2.75) is 31.1 Å². The second kappa shape index (κ2) is 7.62. The minimum absolute atomic E-state index is 0.299. The molecule has 124 valence electrons. The van der Waals surface area contributed by atoms with Crippen molar-refractivity contribution in [3.05, 3.63) is 59.7 Å². The summed E-state index contributed by atoms with van der Waals surface area (Å²) in [6, 6.07) is 14.7. The number of benzene rings is 2. The summed E-state index contributed by atoms with van der Waals surface area (Å²) in [5.41, 5.74) is 2.16. The number of hydrogen-bond acceptors (Lipinski definition) is 3. The van der Waals surface area contributed by atoms with Gasteiger partial charge in [-0.2, -0.15) is 0 Å². The van der Waals surface area contributed by atoms with Crippen LogP contribution >= 0.6 is 0 Å². The van der Waals surface area contributed by atoms with Crippen LogP contribution in [0.3, 0.4) is 0 Å². The highest BCUT2D eigenvalue weighted by atomic mass is 32.2. The van der Waals surface area contributed by atoms with Crippen LogP contribution in [0, 0.1) is 0 Å². The molecule has 23 heavy (non-hydrogen) atoms. The van der Waals surface area contributed by atoms with Gasteiger partial charge in [0.25, 0.3) is 0 Å². The van der Waals surface area contributed by atoms with Gasteiger partial charge in [0.2, 0.25) is 10.0 Å². The Labute approximate surface area is 138 Å². The van der Waals surface area contributed by atoms with Crippen molar-refractivity contribution in [2.75, 3.05) is 13.7 Å². The topological polar surface area (TPSA) is 55.4 Å². The van der Waals surface area contributed by atoms with Crippen molar-refractivity contribution >= 4 is 10.0 Å². The van der Waals surface area contributed by atoms with E-state index in [4.69, 9.17) is 4.74 Å². The van der Waals surface area contributed by atoms with Crippen LogP contribution in [0.15, 0.2) is 53.4 Å². The van der Waals surface area contributed by atoms with E-state index in [0.29, 0.717) is 23.8 Å². The third kappa shape index (κ3) is 4.81. The molecule has 2 aromatic rings. The first-order valence-corrected chi connectivity index (χ1v) is 9.13. The summed E-state index contributed by atoms with van der Waals surface area (Å²) in [6.45, 7) is 4.51. The Hall–Kier alpha value is -1.85. The lowest BCUT2D eigenvalue weighted by molar-refractivity contribution is 0.414. The molecule has 2 aromatic carbocycles. The maximum absolute atomic E-state index is 12.3. The minimum atomic E-state index is -3.47. The van der Waals surface area contributed by atoms with Gasteiger partial charge in [-0.1, -0.05) is 38.1 Å². The fourth-order valence-corrected chi connectivity index (χ4v) is 3.30. The van der Waals surface area contributed by atoms with E-state index in [0.717, 1.165) is 16.9 Å². The van der Waals surface area contributed by atoms with E-state index in [2.05, 4.69) is 18.6 Å². The van der Waals surface area contributed by atoms with Crippen LogP contribution < -0.4 is 9.46 Å². The molecule has 0 bridgehead atoms. The Morgan fingerprint density at radius 2 is 1.78 bits per heavy atom. The molecule has 0 saturated carbocycles. The fraction of sp³-hybridized carbons (Fsp3) is 0.333. The standard InChI is InChI=1S/C18H23NO3S/c1-14(2)16-7-9-18(10-8-16)23(20,21)19-12-11-15-5-4-6-17(13-15)22-3/h4-10,13-14,19H,11-12H2,1-3H3. The van der Waals surface area contributed by atoms with Crippen molar-refractivity contribution in [1.82, 2.24) is 4.72 Å². The predicted molar refractivity (Wildman–Crippen MR) is 92.4 cm³/mol. The Morgan fingerprint density at radius 1 is 1.09 bits per heavy atom. The first-order chi connectivity index (χ1) is 10.9. The van der Waals surface area contributed by atoms with Gasteiger partial charge in [0, 0.05) is 6.54 Å². The lowest BCUT2D eigenvalue weighted by Crippen LogP contribution is -2.26. The number of ether oxygens (including phenoxy) is 1. The van der Waals surface area contributed by atoms with Gasteiger partial charge in [0.15, 0.2) is 0 Å². The first-order valence-electron chi connectivity index (χ1n) is 7.65. The average Bonchev–Trinajstić information content (AvgIpc) is 2.55. The van der Waals surface area contributed by atoms with Gasteiger partial charge in [-0.15, -0.1) is 0 Å². The van der Waals surface area contributed by atoms with E-state index in [9.17, 15) is 8.42 Å². The predicted octanol–water partition coefficient (Wildman–Crippen LogP) is 3.34. The third-order valence-electron chi connectivity index (χ3n) is 3.70. The second-order valence-corrected chi connectivity index (χ2v) is 7.49. The monoisotopic (exact) mass is 333 g/mol. The summed E-state index contributed by atoms with van der Waals surface area (Å²) >= 11 is 0. The van der Waals surface area contributed by atoms with Gasteiger partial charge in [-0.05, 0) is 47.7 Å². The molecule has 0 radical (unpaired) electrons. The van der Waals surface area contributed by atoms with Crippen LogP contribution in [-0.2, 0) is 16.4 Å². The molecule has 0 fully saturated rings. The molecule has 0 heterocycles. The maximum Gasteiger partial charge on any atom is 0.240 e. The van der Waals surface area contributed by atoms with Gasteiger partial charge in [0.05, 0.1) is 12.0 Å². The van der Waals surface area contributed by atoms with Crippen LogP contribution in [0.4, 0.5) is 0 Å². The molecule has 0 atom stereocenters. The zero-order valence-corrected chi connectivity index (χ0v) is 14.6. The fourth-order valence-electron chi connectivity index (χ4n) is 2.27. The van der Waals surface area contributed by atoms with Crippen molar-refractivity contribution in [3.63, 3.8) is 0 Å². The normalized spacial score (nSPS) is 11.7. The van der Waals surface area contributed by atoms with Crippen molar-refractivity contribution in [1.29, 1.82) is 0 Å². The highest BCUT2D eigenvalue weighted by molar-refractivity contribution is 7.89. The van der Waals surface area contributed by atoms with Crippen LogP contribution in [0.1, 0.15) is 30.9 Å². The molecule has 0 aliphatic rings. The average molecular weight is 333 g/mol. The summed E-state index contributed by atoms with van der Waals surface area (Å²) < 4.78 is 32.4. The molecule has 4 nitrogen and oxygen atoms in total. The highest BCUT2D eigenvalue weighted by Crippen LogP contribution is 2.17. The van der Waals surface area contributed by atoms with Crippen molar-refractivity contribution in [2.24, 2.45) is 0 Å². The van der Waals surface area contributed by atoms with E-state index in [-0.39, 0.29) is 0 Å². The zero-order chi connectivity index (χ0) is 16.9. The van der Waals surface area contributed by atoms with Crippen LogP contribution in [-0.4, -0.2) is 22.1 Å². The van der Waals surface area contributed by atoms with E-state index in [1.165, 1.54) is 0 Å². The second-order valence-electron chi connectivity index (χ2n) is 5.72. The highest BCUT2D eigenvalue weighted by Gasteiger charge is 2.13. The Kier molecular flexibility index (Phi) is 5.80. The van der Waals surface area contributed by atoms with Crippen LogP contribution in [0.5, 0.6) is 5.75 Å². The van der Waals surface area contributed by atoms with E-state index in [1.807, 2.05) is 36.4 Å². The molecule has 0 aliphatic heterocycles. The molecule has 2 rings (SSSR count). The summed E-state index contributed by atoms with van der Waals surface area (Å²) in [6.07, 6.45) is 0.612. The smallest absolute Gasteiger partial charge is 0.240 e. The SMILES string of the molecule is COc1cccc(CCNS(=O)(=O)c2ccc(C(C)C)cc2)c1. The first kappa shape index (κ1) is 17.5. The molecule has 5 heteroatoms. The molecular weight excluding hydrogens is 310 g/mol. The number of methoxy groups -OCH3 is 1. The molecule has 0 amide bonds. The summed E-state index contributed by atoms with van der Waals surface area (Å²) in [7, 11) is -1.86. The van der Waals surface area contributed by atoms with E-state index in [1.54, 1.807) is 19.2 Å². The quantitative estimate of drug-likeness (QED) is 0.845. The molecule has 0 aliphatic carbocycles. The maximum atomic E-state index is 12.3. The molecule has 0 aromatic heterocycles. The van der Waals surface area contributed by atoms with E-state index < -0.39 is 10.0 Å². The van der Waals surface area contributed by atoms with Gasteiger partial charge >= 0.3 is 0 Å².